The Bertz CT molecular complexity index is 440. The first-order chi connectivity index (χ1) is 8.67. The number of thioether (sulfide) groups is 1. The van der Waals surface area contributed by atoms with Crippen LogP contribution in [0.2, 0.25) is 0 Å². The Labute approximate surface area is 111 Å². The lowest BCUT2D eigenvalue weighted by atomic mass is 10.2. The maximum Gasteiger partial charge on any atom is 0.161 e. The highest BCUT2D eigenvalue weighted by atomic mass is 32.2. The van der Waals surface area contributed by atoms with Crippen molar-refractivity contribution in [1.82, 2.24) is 0 Å². The molecule has 1 unspecified atom stereocenters. The van der Waals surface area contributed by atoms with Gasteiger partial charge in [0.25, 0.3) is 0 Å². The Morgan fingerprint density at radius 2 is 2.28 bits per heavy atom. The fourth-order valence-electron chi connectivity index (χ4n) is 1.73. The van der Waals surface area contributed by atoms with E-state index >= 15 is 0 Å². The maximum absolute atomic E-state index is 5.99. The molecule has 0 aliphatic carbocycles. The molecule has 2 rings (SSSR count). The van der Waals surface area contributed by atoms with Crippen molar-refractivity contribution in [1.29, 1.82) is 0 Å². The minimum absolute atomic E-state index is 0.0347. The minimum Gasteiger partial charge on any atom is -0.494 e. The van der Waals surface area contributed by atoms with Crippen LogP contribution < -0.4 is 20.9 Å². The van der Waals surface area contributed by atoms with Gasteiger partial charge in [-0.05, 0) is 6.42 Å². The molecule has 1 aromatic rings. The zero-order chi connectivity index (χ0) is 13.1. The van der Waals surface area contributed by atoms with Crippen LogP contribution in [0.25, 0.3) is 0 Å². The molecule has 18 heavy (non-hydrogen) atoms. The molecule has 1 aliphatic heterocycles. The second-order valence-corrected chi connectivity index (χ2v) is 5.14. The number of hydrogen-bond acceptors (Lipinski definition) is 6. The number of rotatable bonds is 4. The highest BCUT2D eigenvalue weighted by molar-refractivity contribution is 8.00. The summed E-state index contributed by atoms with van der Waals surface area (Å²) in [6.07, 6.45) is 0.976. The van der Waals surface area contributed by atoms with E-state index in [1.54, 1.807) is 24.9 Å². The molecule has 0 amide bonds. The van der Waals surface area contributed by atoms with Crippen LogP contribution in [-0.2, 0) is 4.74 Å². The number of methoxy groups -OCH3 is 1. The van der Waals surface area contributed by atoms with E-state index in [4.69, 9.17) is 25.7 Å². The van der Waals surface area contributed by atoms with E-state index in [1.165, 1.54) is 0 Å². The molecular formula is C12H18N2O3S. The first-order valence-electron chi connectivity index (χ1n) is 5.84. The van der Waals surface area contributed by atoms with Crippen molar-refractivity contribution < 1.29 is 14.2 Å². The van der Waals surface area contributed by atoms with E-state index < -0.39 is 0 Å². The van der Waals surface area contributed by atoms with Gasteiger partial charge in [0, 0.05) is 12.7 Å². The van der Waals surface area contributed by atoms with Gasteiger partial charge in [-0.15, -0.1) is 0 Å². The van der Waals surface area contributed by atoms with Crippen molar-refractivity contribution in [3.8, 4) is 11.5 Å². The van der Waals surface area contributed by atoms with Crippen LogP contribution in [0.1, 0.15) is 13.3 Å². The van der Waals surface area contributed by atoms with Gasteiger partial charge < -0.3 is 25.7 Å². The smallest absolute Gasteiger partial charge is 0.161 e. The molecule has 1 atom stereocenters. The summed E-state index contributed by atoms with van der Waals surface area (Å²) in [5.41, 5.74) is 13.0. The number of fused-ring (bicyclic) bond motifs is 1. The number of nitrogen functional groups attached to an aromatic ring is 2. The topological polar surface area (TPSA) is 79.7 Å². The largest absolute Gasteiger partial charge is 0.494 e. The molecule has 0 aromatic heterocycles. The zero-order valence-electron chi connectivity index (χ0n) is 10.6. The van der Waals surface area contributed by atoms with Crippen LogP contribution in [-0.4, -0.2) is 25.8 Å². The Morgan fingerprint density at radius 1 is 1.50 bits per heavy atom. The molecule has 100 valence electrons. The molecule has 0 saturated carbocycles. The molecular weight excluding hydrogens is 252 g/mol. The minimum atomic E-state index is -0.0347. The Morgan fingerprint density at radius 3 is 2.94 bits per heavy atom. The summed E-state index contributed by atoms with van der Waals surface area (Å²) in [5.74, 6) is 1.15. The van der Waals surface area contributed by atoms with Gasteiger partial charge in [0.05, 0.1) is 17.7 Å². The number of nitrogens with two attached hydrogens (primary N) is 2. The standard InChI is InChI=1S/C12H18N2O3S/c1-3-4-16-9-6-17-11-10(14)8(15-2)5-7(13)12(11)18-9/h5,9H,3-4,6,13-14H2,1-2H3. The molecule has 0 radical (unpaired) electrons. The average molecular weight is 270 g/mol. The highest BCUT2D eigenvalue weighted by Crippen LogP contribution is 2.48. The van der Waals surface area contributed by atoms with Crippen molar-refractivity contribution >= 4 is 23.1 Å². The number of benzene rings is 1. The molecule has 0 saturated heterocycles. The summed E-state index contributed by atoms with van der Waals surface area (Å²) < 4.78 is 16.5. The predicted octanol–water partition coefficient (Wildman–Crippen LogP) is 2.10. The Hall–Kier alpha value is -1.27. The zero-order valence-corrected chi connectivity index (χ0v) is 11.4. The molecule has 1 heterocycles. The molecule has 0 spiro atoms. The van der Waals surface area contributed by atoms with Gasteiger partial charge in [0.1, 0.15) is 23.5 Å². The van der Waals surface area contributed by atoms with E-state index in [-0.39, 0.29) is 5.44 Å². The lowest BCUT2D eigenvalue weighted by Gasteiger charge is -2.27. The SMILES string of the molecule is CCCOC1COc2c(N)c(OC)cc(N)c2S1. The van der Waals surface area contributed by atoms with E-state index in [0.717, 1.165) is 11.3 Å². The van der Waals surface area contributed by atoms with Crippen LogP contribution >= 0.6 is 11.8 Å². The quantitative estimate of drug-likeness (QED) is 0.816. The van der Waals surface area contributed by atoms with Gasteiger partial charge in [0.15, 0.2) is 5.75 Å². The fourth-order valence-corrected chi connectivity index (χ4v) is 2.77. The molecule has 0 fully saturated rings. The fraction of sp³-hybridized carbons (Fsp3) is 0.500. The molecule has 0 bridgehead atoms. The van der Waals surface area contributed by atoms with Gasteiger partial charge in [-0.2, -0.15) is 0 Å². The lowest BCUT2D eigenvalue weighted by Crippen LogP contribution is -2.23. The predicted molar refractivity (Wildman–Crippen MR) is 73.2 cm³/mol. The number of ether oxygens (including phenoxy) is 3. The van der Waals surface area contributed by atoms with Crippen molar-refractivity contribution in [2.75, 3.05) is 31.8 Å². The van der Waals surface area contributed by atoms with E-state index in [9.17, 15) is 0 Å². The molecule has 6 heteroatoms. The molecule has 4 N–H and O–H groups in total. The lowest BCUT2D eigenvalue weighted by molar-refractivity contribution is 0.0722. The van der Waals surface area contributed by atoms with Gasteiger partial charge in [-0.1, -0.05) is 18.7 Å². The molecule has 1 aromatic carbocycles. The van der Waals surface area contributed by atoms with Gasteiger partial charge in [-0.25, -0.2) is 0 Å². The van der Waals surface area contributed by atoms with E-state index in [2.05, 4.69) is 6.92 Å². The first-order valence-corrected chi connectivity index (χ1v) is 6.72. The summed E-state index contributed by atoms with van der Waals surface area (Å²) in [7, 11) is 1.56. The third-order valence-electron chi connectivity index (χ3n) is 2.61. The van der Waals surface area contributed by atoms with Crippen LogP contribution in [0.3, 0.4) is 0 Å². The number of hydrogen-bond donors (Lipinski definition) is 2. The van der Waals surface area contributed by atoms with Gasteiger partial charge >= 0.3 is 0 Å². The summed E-state index contributed by atoms with van der Waals surface area (Å²) in [4.78, 5) is 0.834. The van der Waals surface area contributed by atoms with Crippen molar-refractivity contribution in [2.45, 2.75) is 23.7 Å². The average Bonchev–Trinajstić information content (AvgIpc) is 2.40. The second-order valence-electron chi connectivity index (χ2n) is 3.97. The molecule has 1 aliphatic rings. The van der Waals surface area contributed by atoms with Crippen LogP contribution in [0, 0.1) is 0 Å². The van der Waals surface area contributed by atoms with Crippen LogP contribution in [0.15, 0.2) is 11.0 Å². The Kier molecular flexibility index (Phi) is 4.08. The summed E-state index contributed by atoms with van der Waals surface area (Å²) in [6, 6.07) is 1.72. The van der Waals surface area contributed by atoms with Gasteiger partial charge in [0.2, 0.25) is 0 Å². The van der Waals surface area contributed by atoms with Gasteiger partial charge in [-0.3, -0.25) is 0 Å². The third kappa shape index (κ3) is 2.44. The van der Waals surface area contributed by atoms with Crippen molar-refractivity contribution in [2.24, 2.45) is 0 Å². The normalized spacial score (nSPS) is 18.0. The first kappa shape index (κ1) is 13.2. The van der Waals surface area contributed by atoms with E-state index in [0.29, 0.717) is 36.1 Å². The monoisotopic (exact) mass is 270 g/mol. The maximum atomic E-state index is 5.99. The Balaban J connectivity index is 2.25. The second kappa shape index (κ2) is 5.58. The van der Waals surface area contributed by atoms with Crippen molar-refractivity contribution in [3.05, 3.63) is 6.07 Å². The summed E-state index contributed by atoms with van der Waals surface area (Å²) in [5, 5.41) is 0. The summed E-state index contributed by atoms with van der Waals surface area (Å²) in [6.45, 7) is 3.25. The van der Waals surface area contributed by atoms with Crippen molar-refractivity contribution in [3.63, 3.8) is 0 Å². The molecule has 5 nitrogen and oxygen atoms in total. The number of anilines is 2. The van der Waals surface area contributed by atoms with Crippen LogP contribution in [0.5, 0.6) is 11.5 Å². The highest BCUT2D eigenvalue weighted by Gasteiger charge is 2.26. The summed E-state index contributed by atoms with van der Waals surface area (Å²) >= 11 is 1.55. The van der Waals surface area contributed by atoms with Crippen LogP contribution in [0.4, 0.5) is 11.4 Å². The van der Waals surface area contributed by atoms with E-state index in [1.807, 2.05) is 0 Å². The third-order valence-corrected chi connectivity index (χ3v) is 3.80.